The van der Waals surface area contributed by atoms with E-state index in [1.54, 1.807) is 19.0 Å². The molecule has 0 fully saturated rings. The molecule has 2 rings (SSSR count). The van der Waals surface area contributed by atoms with Gasteiger partial charge >= 0.3 is 0 Å². The Hall–Kier alpha value is -2.60. The number of carbonyl (C=O) groups excluding carboxylic acids is 1. The molecule has 112 valence electrons. The number of rotatable bonds is 5. The highest BCUT2D eigenvalue weighted by Crippen LogP contribution is 2.35. The molecule has 0 aliphatic heterocycles. The van der Waals surface area contributed by atoms with Gasteiger partial charge < -0.3 is 4.90 Å². The van der Waals surface area contributed by atoms with E-state index in [9.17, 15) is 10.1 Å². The molecule has 0 bridgehead atoms. The zero-order chi connectivity index (χ0) is 15.9. The lowest BCUT2D eigenvalue weighted by Gasteiger charge is -2.24. The lowest BCUT2D eigenvalue weighted by atomic mass is 9.80. The van der Waals surface area contributed by atoms with Crippen molar-refractivity contribution < 1.29 is 4.79 Å². The van der Waals surface area contributed by atoms with Crippen LogP contribution in [0.5, 0.6) is 0 Å². The molecule has 3 nitrogen and oxygen atoms in total. The van der Waals surface area contributed by atoms with E-state index < -0.39 is 0 Å². The molecule has 0 heterocycles. The van der Waals surface area contributed by atoms with Crippen LogP contribution in [0.25, 0.3) is 0 Å². The Labute approximate surface area is 131 Å². The van der Waals surface area contributed by atoms with E-state index in [1.165, 1.54) is 0 Å². The number of hydrogen-bond donors (Lipinski definition) is 0. The SMILES string of the molecule is CN(C)C(=O)CC(c1ccccc1)C(C#N)c1ccccc1. The molecule has 0 aromatic heterocycles. The van der Waals surface area contributed by atoms with Crippen molar-refractivity contribution in [3.8, 4) is 6.07 Å². The van der Waals surface area contributed by atoms with Crippen LogP contribution in [0.15, 0.2) is 60.7 Å². The quantitative estimate of drug-likeness (QED) is 0.845. The second kappa shape index (κ2) is 7.42. The summed E-state index contributed by atoms with van der Waals surface area (Å²) < 4.78 is 0. The van der Waals surface area contributed by atoms with Gasteiger partial charge in [-0.3, -0.25) is 4.79 Å². The van der Waals surface area contributed by atoms with Crippen molar-refractivity contribution in [2.45, 2.75) is 18.3 Å². The molecule has 22 heavy (non-hydrogen) atoms. The molecule has 3 heteroatoms. The summed E-state index contributed by atoms with van der Waals surface area (Å²) in [5, 5.41) is 9.69. The maximum absolute atomic E-state index is 12.2. The molecule has 0 saturated carbocycles. The predicted octanol–water partition coefficient (Wildman–Crippen LogP) is 3.56. The van der Waals surface area contributed by atoms with Gasteiger partial charge in [-0.05, 0) is 11.1 Å². The van der Waals surface area contributed by atoms with E-state index in [0.717, 1.165) is 11.1 Å². The Kier molecular flexibility index (Phi) is 5.32. The predicted molar refractivity (Wildman–Crippen MR) is 87.3 cm³/mol. The number of hydrogen-bond acceptors (Lipinski definition) is 2. The monoisotopic (exact) mass is 292 g/mol. The van der Waals surface area contributed by atoms with Crippen molar-refractivity contribution in [3.05, 3.63) is 71.8 Å². The van der Waals surface area contributed by atoms with E-state index >= 15 is 0 Å². The molecular formula is C19H20N2O. The van der Waals surface area contributed by atoms with E-state index in [4.69, 9.17) is 0 Å². The van der Waals surface area contributed by atoms with Gasteiger partial charge in [0.05, 0.1) is 12.0 Å². The van der Waals surface area contributed by atoms with Crippen LogP contribution in [-0.2, 0) is 4.79 Å². The molecule has 2 unspecified atom stereocenters. The van der Waals surface area contributed by atoms with Gasteiger partial charge in [-0.25, -0.2) is 0 Å². The van der Waals surface area contributed by atoms with E-state index in [-0.39, 0.29) is 17.7 Å². The van der Waals surface area contributed by atoms with Gasteiger partial charge in [-0.1, -0.05) is 60.7 Å². The Morgan fingerprint density at radius 3 is 1.95 bits per heavy atom. The van der Waals surface area contributed by atoms with Gasteiger partial charge in [-0.15, -0.1) is 0 Å². The molecule has 2 aromatic rings. The summed E-state index contributed by atoms with van der Waals surface area (Å²) in [5.74, 6) is -0.457. The van der Waals surface area contributed by atoms with Gasteiger partial charge in [-0.2, -0.15) is 5.26 Å². The smallest absolute Gasteiger partial charge is 0.222 e. The van der Waals surface area contributed by atoms with Gasteiger partial charge in [0, 0.05) is 26.4 Å². The van der Waals surface area contributed by atoms with E-state index in [2.05, 4.69) is 6.07 Å². The first-order valence-corrected chi connectivity index (χ1v) is 7.33. The second-order valence-corrected chi connectivity index (χ2v) is 5.53. The first-order chi connectivity index (χ1) is 10.6. The first kappa shape index (κ1) is 15.8. The van der Waals surface area contributed by atoms with Crippen LogP contribution in [0.4, 0.5) is 0 Å². The minimum Gasteiger partial charge on any atom is -0.349 e. The van der Waals surface area contributed by atoms with Crippen molar-refractivity contribution in [2.24, 2.45) is 0 Å². The maximum Gasteiger partial charge on any atom is 0.222 e. The molecular weight excluding hydrogens is 272 g/mol. The lowest BCUT2D eigenvalue weighted by Crippen LogP contribution is -2.25. The van der Waals surface area contributed by atoms with Crippen molar-refractivity contribution >= 4 is 5.91 Å². The number of benzene rings is 2. The van der Waals surface area contributed by atoms with E-state index in [1.807, 2.05) is 60.7 Å². The van der Waals surface area contributed by atoms with Crippen molar-refractivity contribution in [1.82, 2.24) is 4.90 Å². The third kappa shape index (κ3) is 3.73. The second-order valence-electron chi connectivity index (χ2n) is 5.53. The lowest BCUT2D eigenvalue weighted by molar-refractivity contribution is -0.129. The van der Waals surface area contributed by atoms with Crippen molar-refractivity contribution in [2.75, 3.05) is 14.1 Å². The average molecular weight is 292 g/mol. The summed E-state index contributed by atoms with van der Waals surface area (Å²) in [5.41, 5.74) is 1.97. The highest BCUT2D eigenvalue weighted by molar-refractivity contribution is 5.76. The van der Waals surface area contributed by atoms with E-state index in [0.29, 0.717) is 6.42 Å². The zero-order valence-corrected chi connectivity index (χ0v) is 12.9. The van der Waals surface area contributed by atoms with Crippen LogP contribution in [0, 0.1) is 11.3 Å². The Morgan fingerprint density at radius 1 is 1.00 bits per heavy atom. The Balaban J connectivity index is 2.39. The molecule has 1 amide bonds. The fourth-order valence-corrected chi connectivity index (χ4v) is 2.56. The molecule has 2 aromatic carbocycles. The molecule has 0 saturated heterocycles. The third-order valence-corrected chi connectivity index (χ3v) is 3.82. The van der Waals surface area contributed by atoms with Crippen molar-refractivity contribution in [1.29, 1.82) is 5.26 Å². The van der Waals surface area contributed by atoms with Gasteiger partial charge in [0.25, 0.3) is 0 Å². The summed E-state index contributed by atoms with van der Waals surface area (Å²) in [4.78, 5) is 13.8. The first-order valence-electron chi connectivity index (χ1n) is 7.33. The highest BCUT2D eigenvalue weighted by Gasteiger charge is 2.27. The fourth-order valence-electron chi connectivity index (χ4n) is 2.56. The summed E-state index contributed by atoms with van der Waals surface area (Å²) in [6, 6.07) is 21.9. The zero-order valence-electron chi connectivity index (χ0n) is 12.9. The minimum absolute atomic E-state index is 0.0324. The molecule has 0 radical (unpaired) electrons. The van der Waals surface area contributed by atoms with Crippen molar-refractivity contribution in [3.63, 3.8) is 0 Å². The third-order valence-electron chi connectivity index (χ3n) is 3.82. The number of carbonyl (C=O) groups is 1. The number of nitriles is 1. The van der Waals surface area contributed by atoms with Gasteiger partial charge in [0.2, 0.25) is 5.91 Å². The van der Waals surface area contributed by atoms with Gasteiger partial charge in [0.15, 0.2) is 0 Å². The highest BCUT2D eigenvalue weighted by atomic mass is 16.2. The maximum atomic E-state index is 12.2. The average Bonchev–Trinajstić information content (AvgIpc) is 2.56. The molecule has 0 aliphatic carbocycles. The van der Waals surface area contributed by atoms with Crippen LogP contribution >= 0.6 is 0 Å². The van der Waals surface area contributed by atoms with Crippen LogP contribution < -0.4 is 0 Å². The summed E-state index contributed by atoms with van der Waals surface area (Å²) in [7, 11) is 3.49. The topological polar surface area (TPSA) is 44.1 Å². The van der Waals surface area contributed by atoms with Crippen LogP contribution in [0.1, 0.15) is 29.4 Å². The van der Waals surface area contributed by atoms with Crippen LogP contribution in [-0.4, -0.2) is 24.9 Å². The minimum atomic E-state index is -0.340. The molecule has 0 N–H and O–H groups in total. The molecule has 0 spiro atoms. The molecule has 2 atom stereocenters. The summed E-state index contributed by atoms with van der Waals surface area (Å²) in [6.45, 7) is 0. The Morgan fingerprint density at radius 2 is 1.50 bits per heavy atom. The number of nitrogens with zero attached hydrogens (tertiary/aromatic N) is 2. The summed E-state index contributed by atoms with van der Waals surface area (Å²) >= 11 is 0. The standard InChI is InChI=1S/C19H20N2O/c1-21(2)19(22)13-17(15-9-5-3-6-10-15)18(14-20)16-11-7-4-8-12-16/h3-12,17-18H,13H2,1-2H3. The Bertz CT molecular complexity index is 644. The van der Waals surface area contributed by atoms with Gasteiger partial charge in [0.1, 0.15) is 0 Å². The van der Waals surface area contributed by atoms with Crippen LogP contribution in [0.2, 0.25) is 0 Å². The normalized spacial score (nSPS) is 13.0. The molecule has 0 aliphatic rings. The number of amides is 1. The largest absolute Gasteiger partial charge is 0.349 e. The van der Waals surface area contributed by atoms with Crippen LogP contribution in [0.3, 0.4) is 0 Å². The summed E-state index contributed by atoms with van der Waals surface area (Å²) in [6.07, 6.45) is 0.324. The fraction of sp³-hybridized carbons (Fsp3) is 0.263.